The lowest BCUT2D eigenvalue weighted by Gasteiger charge is -2.39. The first-order chi connectivity index (χ1) is 13.6. The van der Waals surface area contributed by atoms with Crippen molar-refractivity contribution in [2.45, 2.75) is 38.8 Å². The summed E-state index contributed by atoms with van der Waals surface area (Å²) in [5, 5.41) is 4.22. The number of hydrogen-bond acceptors (Lipinski definition) is 3. The number of aromatic nitrogens is 2. The van der Waals surface area contributed by atoms with Crippen molar-refractivity contribution in [2.24, 2.45) is 5.41 Å². The van der Waals surface area contributed by atoms with Crippen LogP contribution in [0.3, 0.4) is 0 Å². The van der Waals surface area contributed by atoms with Gasteiger partial charge in [-0.2, -0.15) is 5.10 Å². The van der Waals surface area contributed by atoms with Gasteiger partial charge in [-0.3, -0.25) is 9.48 Å². The van der Waals surface area contributed by atoms with Crippen LogP contribution in [-0.4, -0.2) is 51.7 Å². The zero-order valence-electron chi connectivity index (χ0n) is 16.0. The Bertz CT molecular complexity index is 826. The Morgan fingerprint density at radius 2 is 2.00 bits per heavy atom. The van der Waals surface area contributed by atoms with Crippen LogP contribution in [0.5, 0.6) is 0 Å². The summed E-state index contributed by atoms with van der Waals surface area (Å²) in [6.45, 7) is 4.59. The van der Waals surface area contributed by atoms with E-state index in [-0.39, 0.29) is 11.3 Å². The third kappa shape index (κ3) is 3.94. The Hall–Kier alpha value is -2.28. The maximum Gasteiger partial charge on any atom is 0.230 e. The summed E-state index contributed by atoms with van der Waals surface area (Å²) >= 11 is 0. The molecule has 0 N–H and O–H groups in total. The van der Waals surface area contributed by atoms with Gasteiger partial charge in [-0.25, -0.2) is 8.78 Å². The standard InChI is InChI=1S/C21H26F2N4O/c22-18-5-4-17(14-19(18)23)15-26-10-1-6-21(20(26)28)7-13-25(16-21)9-3-12-27-11-2-8-24-27/h2,4-5,8,11,14H,1,3,6-7,9-10,12-13,15-16H2/t21-/m0/s1. The highest BCUT2D eigenvalue weighted by molar-refractivity contribution is 5.84. The highest BCUT2D eigenvalue weighted by atomic mass is 19.2. The molecule has 1 atom stereocenters. The highest BCUT2D eigenvalue weighted by Gasteiger charge is 2.47. The number of nitrogens with zero attached hydrogens (tertiary/aromatic N) is 4. The minimum absolute atomic E-state index is 0.165. The van der Waals surface area contributed by atoms with Crippen molar-refractivity contribution in [1.82, 2.24) is 19.6 Å². The Balaban J connectivity index is 1.35. The van der Waals surface area contributed by atoms with Crippen LogP contribution in [0.25, 0.3) is 0 Å². The van der Waals surface area contributed by atoms with Gasteiger partial charge in [-0.05, 0) is 62.5 Å². The molecule has 3 heterocycles. The van der Waals surface area contributed by atoms with E-state index in [2.05, 4.69) is 10.00 Å². The van der Waals surface area contributed by atoms with Gasteiger partial charge in [0.15, 0.2) is 11.6 Å². The number of hydrogen-bond donors (Lipinski definition) is 0. The van der Waals surface area contributed by atoms with E-state index in [1.807, 2.05) is 21.8 Å². The van der Waals surface area contributed by atoms with Crippen LogP contribution in [0.15, 0.2) is 36.7 Å². The van der Waals surface area contributed by atoms with Crippen molar-refractivity contribution in [3.8, 4) is 0 Å². The fourth-order valence-corrected chi connectivity index (χ4v) is 4.58. The van der Waals surface area contributed by atoms with E-state index >= 15 is 0 Å². The minimum Gasteiger partial charge on any atom is -0.338 e. The third-order valence-electron chi connectivity index (χ3n) is 6.04. The molecule has 2 aromatic rings. The molecule has 150 valence electrons. The van der Waals surface area contributed by atoms with E-state index in [1.54, 1.807) is 12.3 Å². The molecule has 7 heteroatoms. The van der Waals surface area contributed by atoms with Crippen LogP contribution >= 0.6 is 0 Å². The third-order valence-corrected chi connectivity index (χ3v) is 6.04. The molecule has 28 heavy (non-hydrogen) atoms. The maximum atomic E-state index is 13.5. The van der Waals surface area contributed by atoms with Crippen LogP contribution in [0.1, 0.15) is 31.2 Å². The maximum absolute atomic E-state index is 13.5. The molecule has 1 spiro atoms. The molecule has 0 radical (unpaired) electrons. The number of rotatable bonds is 6. The van der Waals surface area contributed by atoms with Crippen LogP contribution in [0.4, 0.5) is 8.78 Å². The SMILES string of the molecule is O=C1N(Cc2ccc(F)c(F)c2)CCC[C@@]12CCN(CCCn1cccn1)C2. The first-order valence-electron chi connectivity index (χ1n) is 9.99. The van der Waals surface area contributed by atoms with Gasteiger partial charge < -0.3 is 9.80 Å². The molecular weight excluding hydrogens is 362 g/mol. The number of aryl methyl sites for hydroxylation is 1. The van der Waals surface area contributed by atoms with Crippen molar-refractivity contribution >= 4 is 5.91 Å². The second kappa shape index (κ2) is 7.99. The van der Waals surface area contributed by atoms with Gasteiger partial charge in [-0.15, -0.1) is 0 Å². The Kier molecular flexibility index (Phi) is 5.44. The van der Waals surface area contributed by atoms with Gasteiger partial charge in [0.2, 0.25) is 5.91 Å². The quantitative estimate of drug-likeness (QED) is 0.764. The van der Waals surface area contributed by atoms with Crippen molar-refractivity contribution in [2.75, 3.05) is 26.2 Å². The molecule has 2 aliphatic heterocycles. The molecule has 1 aromatic heterocycles. The van der Waals surface area contributed by atoms with Gasteiger partial charge in [0.05, 0.1) is 5.41 Å². The summed E-state index contributed by atoms with van der Waals surface area (Å²) in [5.41, 5.74) is 0.320. The molecule has 2 fully saturated rings. The smallest absolute Gasteiger partial charge is 0.230 e. The Morgan fingerprint density at radius 3 is 2.79 bits per heavy atom. The first-order valence-corrected chi connectivity index (χ1v) is 9.99. The van der Waals surface area contributed by atoms with Crippen LogP contribution < -0.4 is 0 Å². The molecule has 1 aromatic carbocycles. The van der Waals surface area contributed by atoms with E-state index in [9.17, 15) is 13.6 Å². The van der Waals surface area contributed by atoms with Crippen molar-refractivity contribution in [3.05, 3.63) is 53.9 Å². The minimum atomic E-state index is -0.860. The van der Waals surface area contributed by atoms with Gasteiger partial charge in [0, 0.05) is 38.6 Å². The van der Waals surface area contributed by atoms with Gasteiger partial charge in [0.1, 0.15) is 0 Å². The molecule has 1 amide bonds. The highest BCUT2D eigenvalue weighted by Crippen LogP contribution is 2.40. The lowest BCUT2D eigenvalue weighted by Crippen LogP contribution is -2.49. The molecule has 0 aliphatic carbocycles. The Labute approximate surface area is 163 Å². The van der Waals surface area contributed by atoms with E-state index in [0.29, 0.717) is 18.7 Å². The molecule has 0 bridgehead atoms. The molecular formula is C21H26F2N4O. The predicted octanol–water partition coefficient (Wildman–Crippen LogP) is 3.07. The summed E-state index contributed by atoms with van der Waals surface area (Å²) < 4.78 is 28.6. The van der Waals surface area contributed by atoms with Crippen LogP contribution in [0.2, 0.25) is 0 Å². The zero-order valence-corrected chi connectivity index (χ0v) is 16.0. The fourth-order valence-electron chi connectivity index (χ4n) is 4.58. The summed E-state index contributed by atoms with van der Waals surface area (Å²) in [6.07, 6.45) is 7.50. The summed E-state index contributed by atoms with van der Waals surface area (Å²) in [6, 6.07) is 5.81. The number of likely N-dealkylation sites (tertiary alicyclic amines) is 2. The van der Waals surface area contributed by atoms with Crippen LogP contribution in [-0.2, 0) is 17.9 Å². The lowest BCUT2D eigenvalue weighted by atomic mass is 9.78. The lowest BCUT2D eigenvalue weighted by molar-refractivity contribution is -0.146. The van der Waals surface area contributed by atoms with Gasteiger partial charge in [0.25, 0.3) is 0 Å². The molecule has 2 saturated heterocycles. The largest absolute Gasteiger partial charge is 0.338 e. The number of amides is 1. The fraction of sp³-hybridized carbons (Fsp3) is 0.524. The normalized spacial score (nSPS) is 23.1. The van der Waals surface area contributed by atoms with Crippen LogP contribution in [0, 0.1) is 17.0 Å². The second-order valence-electron chi connectivity index (χ2n) is 8.01. The predicted molar refractivity (Wildman–Crippen MR) is 101 cm³/mol. The van der Waals surface area contributed by atoms with Crippen molar-refractivity contribution < 1.29 is 13.6 Å². The number of benzene rings is 1. The molecule has 0 unspecified atom stereocenters. The number of carbonyl (C=O) groups is 1. The average molecular weight is 388 g/mol. The first kappa shape index (κ1) is 19.1. The molecule has 4 rings (SSSR count). The van der Waals surface area contributed by atoms with E-state index in [4.69, 9.17) is 0 Å². The monoisotopic (exact) mass is 388 g/mol. The topological polar surface area (TPSA) is 41.4 Å². The number of halogens is 2. The Morgan fingerprint density at radius 1 is 1.11 bits per heavy atom. The van der Waals surface area contributed by atoms with Gasteiger partial charge in [-0.1, -0.05) is 6.07 Å². The summed E-state index contributed by atoms with van der Waals surface area (Å²) in [4.78, 5) is 17.4. The van der Waals surface area contributed by atoms with Crippen molar-refractivity contribution in [3.63, 3.8) is 0 Å². The molecule has 5 nitrogen and oxygen atoms in total. The number of carbonyl (C=O) groups excluding carboxylic acids is 1. The van der Waals surface area contributed by atoms with Crippen molar-refractivity contribution in [1.29, 1.82) is 0 Å². The second-order valence-corrected chi connectivity index (χ2v) is 8.01. The summed E-state index contributed by atoms with van der Waals surface area (Å²) in [5.74, 6) is -1.55. The van der Waals surface area contributed by atoms with E-state index < -0.39 is 11.6 Å². The zero-order chi connectivity index (χ0) is 19.6. The summed E-state index contributed by atoms with van der Waals surface area (Å²) in [7, 11) is 0. The molecule has 2 aliphatic rings. The average Bonchev–Trinajstić information content (AvgIpc) is 3.33. The van der Waals surface area contributed by atoms with Gasteiger partial charge >= 0.3 is 0 Å². The van der Waals surface area contributed by atoms with E-state index in [1.165, 1.54) is 6.07 Å². The van der Waals surface area contributed by atoms with E-state index in [0.717, 1.165) is 57.9 Å². The number of piperidine rings is 1. The molecule has 0 saturated carbocycles.